The summed E-state index contributed by atoms with van der Waals surface area (Å²) < 4.78 is 5.24. The van der Waals surface area contributed by atoms with Crippen molar-refractivity contribution in [3.63, 3.8) is 0 Å². The van der Waals surface area contributed by atoms with E-state index in [0.29, 0.717) is 24.3 Å². The number of carbonyl (C=O) groups is 1. The van der Waals surface area contributed by atoms with E-state index >= 15 is 0 Å². The summed E-state index contributed by atoms with van der Waals surface area (Å²) in [6.45, 7) is 7.00. The van der Waals surface area contributed by atoms with Crippen LogP contribution in [0.15, 0.2) is 27.8 Å². The third-order valence-electron chi connectivity index (χ3n) is 6.27. The zero-order valence-corrected chi connectivity index (χ0v) is 15.7. The lowest BCUT2D eigenvalue weighted by Crippen LogP contribution is -2.54. The number of furan rings is 1. The highest BCUT2D eigenvalue weighted by molar-refractivity contribution is 5.91. The lowest BCUT2D eigenvalue weighted by molar-refractivity contribution is 0.0656. The van der Waals surface area contributed by atoms with Crippen molar-refractivity contribution < 1.29 is 9.21 Å². The summed E-state index contributed by atoms with van der Waals surface area (Å²) in [6.07, 6.45) is 8.43. The second kappa shape index (κ2) is 7.33. The molecule has 1 aromatic rings. The van der Waals surface area contributed by atoms with Gasteiger partial charge in [-0.2, -0.15) is 0 Å². The van der Waals surface area contributed by atoms with Crippen molar-refractivity contribution in [2.45, 2.75) is 39.0 Å². The van der Waals surface area contributed by atoms with Crippen molar-refractivity contribution in [2.24, 2.45) is 16.3 Å². The van der Waals surface area contributed by atoms with Crippen molar-refractivity contribution >= 4 is 11.9 Å². The molecule has 2 heterocycles. The van der Waals surface area contributed by atoms with Crippen molar-refractivity contribution in [2.75, 3.05) is 39.3 Å². The Morgan fingerprint density at radius 3 is 2.54 bits per heavy atom. The summed E-state index contributed by atoms with van der Waals surface area (Å²) in [5.74, 6) is 2.35. The van der Waals surface area contributed by atoms with Crippen LogP contribution in [0.2, 0.25) is 0 Å². The predicted molar refractivity (Wildman–Crippen MR) is 101 cm³/mol. The van der Waals surface area contributed by atoms with Crippen molar-refractivity contribution in [3.8, 4) is 0 Å². The molecule has 1 saturated heterocycles. The average Bonchev–Trinajstić information content (AvgIpc) is 3.33. The number of hydrogen-bond donors (Lipinski definition) is 1. The Morgan fingerprint density at radius 2 is 2.00 bits per heavy atom. The fraction of sp³-hybridized carbons (Fsp3) is 0.700. The summed E-state index contributed by atoms with van der Waals surface area (Å²) in [7, 11) is 0. The summed E-state index contributed by atoms with van der Waals surface area (Å²) >= 11 is 0. The van der Waals surface area contributed by atoms with Gasteiger partial charge in [-0.1, -0.05) is 6.42 Å². The number of amides is 1. The van der Waals surface area contributed by atoms with Gasteiger partial charge in [0.15, 0.2) is 11.7 Å². The van der Waals surface area contributed by atoms with Gasteiger partial charge >= 0.3 is 0 Å². The van der Waals surface area contributed by atoms with Gasteiger partial charge in [0, 0.05) is 39.3 Å². The van der Waals surface area contributed by atoms with Gasteiger partial charge in [-0.25, -0.2) is 0 Å². The van der Waals surface area contributed by atoms with Crippen LogP contribution in [0.3, 0.4) is 0 Å². The zero-order valence-electron chi connectivity index (χ0n) is 15.7. The van der Waals surface area contributed by atoms with Crippen LogP contribution < -0.4 is 5.32 Å². The Bertz CT molecular complexity index is 639. The Balaban J connectivity index is 1.36. The van der Waals surface area contributed by atoms with Crippen LogP contribution >= 0.6 is 0 Å². The van der Waals surface area contributed by atoms with Crippen LogP contribution in [0, 0.1) is 11.3 Å². The molecular weight excluding hydrogens is 328 g/mol. The molecule has 0 spiro atoms. The molecule has 0 atom stereocenters. The highest BCUT2D eigenvalue weighted by Gasteiger charge is 2.48. The topological polar surface area (TPSA) is 61.1 Å². The molecule has 1 N–H and O–H groups in total. The molecule has 0 bridgehead atoms. The number of aliphatic imine (C=N–C) groups is 1. The number of guanidine groups is 1. The summed E-state index contributed by atoms with van der Waals surface area (Å²) in [5, 5.41) is 3.46. The van der Waals surface area contributed by atoms with Gasteiger partial charge in [0.25, 0.3) is 5.91 Å². The van der Waals surface area contributed by atoms with E-state index < -0.39 is 0 Å². The maximum Gasteiger partial charge on any atom is 0.289 e. The van der Waals surface area contributed by atoms with Gasteiger partial charge in [0.1, 0.15) is 0 Å². The second-order valence-corrected chi connectivity index (χ2v) is 7.92. The van der Waals surface area contributed by atoms with E-state index in [2.05, 4.69) is 17.1 Å². The molecule has 0 aromatic carbocycles. The minimum atomic E-state index is -0.0151. The number of rotatable bonds is 5. The summed E-state index contributed by atoms with van der Waals surface area (Å²) in [5.41, 5.74) is 0.498. The van der Waals surface area contributed by atoms with Gasteiger partial charge in [0.2, 0.25) is 0 Å². The maximum atomic E-state index is 12.4. The fourth-order valence-corrected chi connectivity index (χ4v) is 4.36. The van der Waals surface area contributed by atoms with Gasteiger partial charge in [0.05, 0.1) is 6.26 Å². The number of nitrogens with zero attached hydrogens (tertiary/aromatic N) is 3. The molecule has 1 aliphatic heterocycles. The average molecular weight is 358 g/mol. The van der Waals surface area contributed by atoms with E-state index in [4.69, 9.17) is 9.41 Å². The molecular formula is C20H30N4O2. The monoisotopic (exact) mass is 358 g/mol. The highest BCUT2D eigenvalue weighted by Crippen LogP contribution is 2.57. The first kappa shape index (κ1) is 17.4. The molecule has 6 nitrogen and oxygen atoms in total. The van der Waals surface area contributed by atoms with Crippen LogP contribution in [-0.2, 0) is 0 Å². The number of piperazine rings is 1. The minimum absolute atomic E-state index is 0.0151. The van der Waals surface area contributed by atoms with E-state index in [1.54, 1.807) is 18.4 Å². The predicted octanol–water partition coefficient (Wildman–Crippen LogP) is 2.58. The summed E-state index contributed by atoms with van der Waals surface area (Å²) in [6, 6.07) is 3.49. The molecule has 1 amide bonds. The van der Waals surface area contributed by atoms with Gasteiger partial charge in [-0.15, -0.1) is 0 Å². The van der Waals surface area contributed by atoms with Gasteiger partial charge in [-0.3, -0.25) is 9.79 Å². The quantitative estimate of drug-likeness (QED) is 0.649. The van der Waals surface area contributed by atoms with Crippen LogP contribution in [-0.4, -0.2) is 60.9 Å². The Morgan fingerprint density at radius 1 is 1.27 bits per heavy atom. The summed E-state index contributed by atoms with van der Waals surface area (Å²) in [4.78, 5) is 21.6. The normalized spacial score (nSPS) is 22.9. The molecule has 0 unspecified atom stereocenters. The number of hydrogen-bond acceptors (Lipinski definition) is 3. The molecule has 3 fully saturated rings. The van der Waals surface area contributed by atoms with Crippen LogP contribution in [0.5, 0.6) is 0 Å². The number of carbonyl (C=O) groups excluding carboxylic acids is 1. The van der Waals surface area contributed by atoms with Crippen LogP contribution in [0.4, 0.5) is 0 Å². The third kappa shape index (κ3) is 3.46. The van der Waals surface area contributed by atoms with Gasteiger partial charge < -0.3 is 19.5 Å². The van der Waals surface area contributed by atoms with E-state index in [0.717, 1.165) is 38.1 Å². The van der Waals surface area contributed by atoms with Crippen molar-refractivity contribution in [1.82, 2.24) is 15.1 Å². The largest absolute Gasteiger partial charge is 0.459 e. The van der Waals surface area contributed by atoms with Gasteiger partial charge in [-0.05, 0) is 56.1 Å². The number of nitrogens with one attached hydrogen (secondary N) is 1. The maximum absolute atomic E-state index is 12.4. The first-order valence-electron chi connectivity index (χ1n) is 10.1. The lowest BCUT2D eigenvalue weighted by atomic mass is 9.65. The molecule has 3 aliphatic rings. The first-order valence-corrected chi connectivity index (χ1v) is 10.1. The Hall–Kier alpha value is -1.98. The van der Waals surface area contributed by atoms with E-state index in [1.807, 2.05) is 4.90 Å². The molecule has 26 heavy (non-hydrogen) atoms. The van der Waals surface area contributed by atoms with Crippen LogP contribution in [0.25, 0.3) is 0 Å². The lowest BCUT2D eigenvalue weighted by Gasteiger charge is -2.42. The van der Waals surface area contributed by atoms with E-state index in [-0.39, 0.29) is 5.91 Å². The molecule has 0 radical (unpaired) electrons. The van der Waals surface area contributed by atoms with Crippen molar-refractivity contribution in [3.05, 3.63) is 24.2 Å². The molecule has 4 rings (SSSR count). The van der Waals surface area contributed by atoms with Crippen LogP contribution in [0.1, 0.15) is 49.6 Å². The van der Waals surface area contributed by atoms with E-state index in [9.17, 15) is 4.79 Å². The smallest absolute Gasteiger partial charge is 0.289 e. The second-order valence-electron chi connectivity index (χ2n) is 7.92. The fourth-order valence-electron chi connectivity index (χ4n) is 4.36. The standard InChI is InChI=1S/C20H30N4O2/c1-2-21-19(22-15-20(8-4-9-20)16-6-7-16)24-12-10-23(11-13-24)18(25)17-5-3-14-26-17/h3,5,14,16H,2,4,6-13,15H2,1H3,(H,21,22). The molecule has 1 aromatic heterocycles. The third-order valence-corrected chi connectivity index (χ3v) is 6.27. The SMILES string of the molecule is CCNC(=NCC1(C2CC2)CCC1)N1CCN(C(=O)c2ccco2)CC1. The minimum Gasteiger partial charge on any atom is -0.459 e. The molecule has 2 saturated carbocycles. The van der Waals surface area contributed by atoms with E-state index in [1.165, 1.54) is 32.1 Å². The Kier molecular flexibility index (Phi) is 4.92. The zero-order chi connectivity index (χ0) is 18.0. The first-order chi connectivity index (χ1) is 12.7. The molecule has 142 valence electrons. The molecule has 2 aliphatic carbocycles. The highest BCUT2D eigenvalue weighted by atomic mass is 16.3. The molecule has 6 heteroatoms. The van der Waals surface area contributed by atoms with Crippen molar-refractivity contribution in [1.29, 1.82) is 0 Å². The Labute approximate surface area is 155 Å².